The summed E-state index contributed by atoms with van der Waals surface area (Å²) in [5, 5.41) is 11.5. The van der Waals surface area contributed by atoms with Gasteiger partial charge in [-0.25, -0.2) is 4.98 Å². The molecule has 14 heteroatoms. The quantitative estimate of drug-likeness (QED) is 0.134. The predicted octanol–water partition coefficient (Wildman–Crippen LogP) is 8.15. The summed E-state index contributed by atoms with van der Waals surface area (Å²) in [4.78, 5) is 65.9. The zero-order valence-electron chi connectivity index (χ0n) is 35.6. The number of nitrogens with one attached hydrogen (secondary N) is 2. The summed E-state index contributed by atoms with van der Waals surface area (Å²) in [5.74, 6) is 0.000505. The topological polar surface area (TPSA) is 144 Å². The number of rotatable bonds is 11. The molecule has 2 N–H and O–H groups in total. The Balaban J connectivity index is 0.880. The van der Waals surface area contributed by atoms with E-state index in [9.17, 15) is 19.2 Å². The van der Waals surface area contributed by atoms with E-state index in [-0.39, 0.29) is 35.7 Å². The first-order valence-corrected chi connectivity index (χ1v) is 22.1. The molecule has 3 aromatic heterocycles. The fourth-order valence-corrected chi connectivity index (χ4v) is 9.77. The number of likely N-dealkylation sites (tertiary alicyclic amines) is 1. The third-order valence-corrected chi connectivity index (χ3v) is 13.4. The Morgan fingerprint density at radius 2 is 1.77 bits per heavy atom. The van der Waals surface area contributed by atoms with E-state index in [0.29, 0.717) is 48.6 Å². The molecule has 6 aromatic rings. The molecule has 8 rings (SSSR count). The van der Waals surface area contributed by atoms with Crippen molar-refractivity contribution in [3.63, 3.8) is 0 Å². The van der Waals surface area contributed by atoms with E-state index in [4.69, 9.17) is 11.6 Å². The second-order valence-corrected chi connectivity index (χ2v) is 19.1. The van der Waals surface area contributed by atoms with Crippen LogP contribution in [0.15, 0.2) is 83.4 Å². The number of amides is 3. The average molecular weight is 859 g/mol. The Hall–Kier alpha value is -5.66. The maximum atomic E-state index is 14.2. The zero-order valence-corrected chi connectivity index (χ0v) is 37.2. The van der Waals surface area contributed by atoms with Gasteiger partial charge in [0, 0.05) is 31.3 Å². The lowest BCUT2D eigenvalue weighted by Crippen LogP contribution is -2.57. The fourth-order valence-electron chi connectivity index (χ4n) is 8.70. The van der Waals surface area contributed by atoms with Crippen LogP contribution in [0.2, 0.25) is 5.02 Å². The summed E-state index contributed by atoms with van der Waals surface area (Å²) in [6, 6.07) is 18.1. The largest absolute Gasteiger partial charge is 0.348 e. The SMILES string of the molecule is Cc1ncsc1-c1ccc(C(C)NC(=O)C2CCCN2C(=O)C(NC(=O)CCCn2cc(-c3ccc4c(c3)C(C)(C)c3nc(=O)c5c(Cl)cccc5n3-4)cn2)C(C)(C)C)cc1. The van der Waals surface area contributed by atoms with Crippen molar-refractivity contribution < 1.29 is 14.4 Å². The number of aryl methyl sites for hydroxylation is 2. The number of hydrogen-bond donors (Lipinski definition) is 2. The standard InChI is InChI=1S/C47H51ClN8O4S/c1-27(29-15-17-30(18-16-29)40-28(2)49-26-61-40)51-42(58)37-13-9-22-55(37)44(60)41(46(3,4)5)52-38(57)14-10-21-54-25-32(24-50-54)31-19-20-35-33(23-31)47(6,7)45-53-43(59)39-34(48)11-8-12-36(39)56(35)45/h8,11-12,15-20,23-27,37,41H,9-10,13-14,21-22H2,1-7H3,(H,51,58)(H,52,57). The number of fused-ring (bicyclic) bond motifs is 5. The van der Waals surface area contributed by atoms with Crippen molar-refractivity contribution in [2.45, 2.75) is 104 Å². The van der Waals surface area contributed by atoms with E-state index in [1.165, 1.54) is 0 Å². The van der Waals surface area contributed by atoms with Crippen molar-refractivity contribution in [2.75, 3.05) is 6.54 Å². The summed E-state index contributed by atoms with van der Waals surface area (Å²) in [5.41, 5.74) is 8.04. The molecule has 316 valence electrons. The van der Waals surface area contributed by atoms with Crippen molar-refractivity contribution in [3.8, 4) is 27.3 Å². The number of thiazole rings is 1. The van der Waals surface area contributed by atoms with Crippen molar-refractivity contribution in [1.29, 1.82) is 0 Å². The molecular formula is C47H51ClN8O4S. The molecule has 61 heavy (non-hydrogen) atoms. The molecule has 2 aliphatic rings. The number of halogens is 1. The van der Waals surface area contributed by atoms with Gasteiger partial charge in [-0.2, -0.15) is 10.1 Å². The number of aromatic nitrogens is 5. The predicted molar refractivity (Wildman–Crippen MR) is 240 cm³/mol. The van der Waals surface area contributed by atoms with E-state index in [1.54, 1.807) is 22.3 Å². The fraction of sp³-hybridized carbons (Fsp3) is 0.383. The van der Waals surface area contributed by atoms with Crippen molar-refractivity contribution in [3.05, 3.63) is 117 Å². The van der Waals surface area contributed by atoms with Crippen LogP contribution in [0.1, 0.15) is 95.9 Å². The molecule has 0 radical (unpaired) electrons. The molecule has 1 saturated heterocycles. The number of hydrogen-bond acceptors (Lipinski definition) is 8. The van der Waals surface area contributed by atoms with Crippen LogP contribution in [0.3, 0.4) is 0 Å². The number of carbonyl (C=O) groups is 3. The van der Waals surface area contributed by atoms with E-state index in [0.717, 1.165) is 49.6 Å². The van der Waals surface area contributed by atoms with Gasteiger partial charge in [-0.15, -0.1) is 11.3 Å². The molecule has 5 heterocycles. The Morgan fingerprint density at radius 3 is 2.49 bits per heavy atom. The molecule has 0 bridgehead atoms. The molecule has 3 unspecified atom stereocenters. The molecule has 2 aliphatic heterocycles. The molecule has 0 saturated carbocycles. The van der Waals surface area contributed by atoms with Crippen LogP contribution in [0.4, 0.5) is 0 Å². The van der Waals surface area contributed by atoms with Gasteiger partial charge in [0.25, 0.3) is 5.56 Å². The first-order chi connectivity index (χ1) is 29.0. The first-order valence-electron chi connectivity index (χ1n) is 20.8. The average Bonchev–Trinajstić information content (AvgIpc) is 4.03. The van der Waals surface area contributed by atoms with Gasteiger partial charge in [0.2, 0.25) is 17.7 Å². The van der Waals surface area contributed by atoms with Crippen LogP contribution < -0.4 is 16.2 Å². The van der Waals surface area contributed by atoms with Gasteiger partial charge in [-0.05, 0) is 98.9 Å². The van der Waals surface area contributed by atoms with Crippen LogP contribution in [0.25, 0.3) is 38.2 Å². The minimum Gasteiger partial charge on any atom is -0.348 e. The first kappa shape index (κ1) is 42.0. The third-order valence-electron chi connectivity index (χ3n) is 12.1. The highest BCUT2D eigenvalue weighted by Crippen LogP contribution is 2.44. The van der Waals surface area contributed by atoms with Gasteiger partial charge in [0.15, 0.2) is 0 Å². The van der Waals surface area contributed by atoms with Crippen LogP contribution >= 0.6 is 22.9 Å². The van der Waals surface area contributed by atoms with Gasteiger partial charge < -0.3 is 15.5 Å². The van der Waals surface area contributed by atoms with Crippen LogP contribution in [0, 0.1) is 12.3 Å². The van der Waals surface area contributed by atoms with Crippen molar-refractivity contribution in [2.24, 2.45) is 5.41 Å². The van der Waals surface area contributed by atoms with Gasteiger partial charge in [-0.3, -0.25) is 28.4 Å². The molecule has 1 fully saturated rings. The van der Waals surface area contributed by atoms with Crippen molar-refractivity contribution >= 4 is 51.6 Å². The maximum absolute atomic E-state index is 14.2. The molecule has 0 aliphatic carbocycles. The Morgan fingerprint density at radius 1 is 1.02 bits per heavy atom. The van der Waals surface area contributed by atoms with E-state index in [1.807, 2.05) is 110 Å². The lowest BCUT2D eigenvalue weighted by molar-refractivity contribution is -0.144. The highest BCUT2D eigenvalue weighted by atomic mass is 35.5. The highest BCUT2D eigenvalue weighted by molar-refractivity contribution is 7.13. The van der Waals surface area contributed by atoms with Crippen LogP contribution in [0.5, 0.6) is 0 Å². The molecule has 0 spiro atoms. The summed E-state index contributed by atoms with van der Waals surface area (Å²) < 4.78 is 3.85. The minimum atomic E-state index is -0.802. The summed E-state index contributed by atoms with van der Waals surface area (Å²) in [6.07, 6.45) is 5.76. The lowest BCUT2D eigenvalue weighted by Gasteiger charge is -2.35. The normalized spacial score (nSPS) is 16.6. The summed E-state index contributed by atoms with van der Waals surface area (Å²) in [7, 11) is 0. The third kappa shape index (κ3) is 8.01. The van der Waals surface area contributed by atoms with Crippen molar-refractivity contribution in [1.82, 2.24) is 39.8 Å². The van der Waals surface area contributed by atoms with Gasteiger partial charge in [-0.1, -0.05) is 68.8 Å². The maximum Gasteiger partial charge on any atom is 0.282 e. The Bertz CT molecular complexity index is 2730. The van der Waals surface area contributed by atoms with Gasteiger partial charge in [0.1, 0.15) is 17.9 Å². The smallest absolute Gasteiger partial charge is 0.282 e. The molecule has 12 nitrogen and oxygen atoms in total. The summed E-state index contributed by atoms with van der Waals surface area (Å²) in [6.45, 7) is 14.8. The summed E-state index contributed by atoms with van der Waals surface area (Å²) >= 11 is 8.04. The molecule has 3 amide bonds. The highest BCUT2D eigenvalue weighted by Gasteiger charge is 2.42. The van der Waals surface area contributed by atoms with E-state index >= 15 is 0 Å². The van der Waals surface area contributed by atoms with Crippen LogP contribution in [-0.2, 0) is 26.3 Å². The second kappa shape index (κ2) is 16.3. The lowest BCUT2D eigenvalue weighted by atomic mass is 9.84. The Labute approximate surface area is 364 Å². The van der Waals surface area contributed by atoms with Crippen LogP contribution in [-0.4, -0.2) is 65.6 Å². The number of benzene rings is 3. The monoisotopic (exact) mass is 858 g/mol. The zero-order chi connectivity index (χ0) is 43.4. The minimum absolute atomic E-state index is 0.195. The number of carbonyl (C=O) groups excluding carboxylic acids is 3. The van der Waals surface area contributed by atoms with Gasteiger partial charge in [0.05, 0.1) is 55.3 Å². The van der Waals surface area contributed by atoms with Gasteiger partial charge >= 0.3 is 0 Å². The molecular weight excluding hydrogens is 808 g/mol. The van der Waals surface area contributed by atoms with E-state index in [2.05, 4.69) is 45.6 Å². The Kier molecular flexibility index (Phi) is 11.2. The van der Waals surface area contributed by atoms with E-state index < -0.39 is 22.9 Å². The number of nitrogens with zero attached hydrogens (tertiary/aromatic N) is 6. The molecule has 3 atom stereocenters. The molecule has 3 aromatic carbocycles. The second-order valence-electron chi connectivity index (χ2n) is 17.8.